The van der Waals surface area contributed by atoms with Crippen molar-refractivity contribution in [1.82, 2.24) is 25.1 Å². The van der Waals surface area contributed by atoms with Crippen molar-refractivity contribution in [2.75, 3.05) is 0 Å². The van der Waals surface area contributed by atoms with Gasteiger partial charge in [-0.25, -0.2) is 15.0 Å². The maximum atomic E-state index is 4.36. The van der Waals surface area contributed by atoms with E-state index in [1.165, 1.54) is 11.8 Å². The lowest BCUT2D eigenvalue weighted by molar-refractivity contribution is 0.940. The minimum Gasteiger partial charge on any atom is -0.262 e. The maximum absolute atomic E-state index is 4.36. The summed E-state index contributed by atoms with van der Waals surface area (Å²) in [6.45, 7) is 2.04. The number of fused-ring (bicyclic) bond motifs is 1. The van der Waals surface area contributed by atoms with E-state index < -0.39 is 0 Å². The molecule has 0 fully saturated rings. The molecule has 0 aliphatic rings. The van der Waals surface area contributed by atoms with Gasteiger partial charge in [-0.05, 0) is 23.2 Å². The molecule has 3 heterocycles. The third-order valence-electron chi connectivity index (χ3n) is 2.24. The summed E-state index contributed by atoms with van der Waals surface area (Å²) in [5.74, 6) is 0.893. The summed E-state index contributed by atoms with van der Waals surface area (Å²) in [5, 5.41) is 10.7. The first-order chi connectivity index (χ1) is 8.36. The smallest absolute Gasteiger partial charge is 0.214 e. The number of H-pyrrole nitrogens is 1. The Morgan fingerprint density at radius 1 is 1.41 bits per heavy atom. The fraction of sp³-hybridized carbons (Fsp3) is 0.200. The average molecular weight is 263 g/mol. The molecule has 0 aromatic carbocycles. The normalized spacial score (nSPS) is 11.1. The maximum Gasteiger partial charge on any atom is 0.214 e. The molecule has 0 saturated heterocycles. The van der Waals surface area contributed by atoms with Gasteiger partial charge in [0.25, 0.3) is 0 Å². The molecule has 86 valence electrons. The van der Waals surface area contributed by atoms with E-state index in [9.17, 15) is 0 Å². The molecule has 3 aromatic heterocycles. The lowest BCUT2D eigenvalue weighted by Gasteiger charge is -1.96. The minimum absolute atomic E-state index is 0.704. The van der Waals surface area contributed by atoms with E-state index in [-0.39, 0.29) is 0 Å². The van der Waals surface area contributed by atoms with Gasteiger partial charge in [-0.2, -0.15) is 0 Å². The first-order valence-electron chi connectivity index (χ1n) is 5.14. The van der Waals surface area contributed by atoms with Crippen molar-refractivity contribution in [2.45, 2.75) is 23.5 Å². The van der Waals surface area contributed by atoms with Gasteiger partial charge >= 0.3 is 0 Å². The Hall–Kier alpha value is -1.47. The van der Waals surface area contributed by atoms with Crippen LogP contribution in [0.3, 0.4) is 0 Å². The molecule has 1 N–H and O–H groups in total. The van der Waals surface area contributed by atoms with E-state index in [2.05, 4.69) is 25.1 Å². The van der Waals surface area contributed by atoms with Crippen LogP contribution in [0.4, 0.5) is 0 Å². The van der Waals surface area contributed by atoms with Gasteiger partial charge < -0.3 is 0 Å². The highest BCUT2D eigenvalue weighted by Crippen LogP contribution is 2.31. The van der Waals surface area contributed by atoms with Crippen LogP contribution >= 0.6 is 23.1 Å². The molecule has 7 heteroatoms. The van der Waals surface area contributed by atoms with Crippen LogP contribution in [-0.4, -0.2) is 25.1 Å². The fourth-order valence-corrected chi connectivity index (χ4v) is 3.12. The predicted molar refractivity (Wildman–Crippen MR) is 67.3 cm³/mol. The number of nitrogens with one attached hydrogen (secondary N) is 1. The van der Waals surface area contributed by atoms with Crippen molar-refractivity contribution in [1.29, 1.82) is 0 Å². The molecular formula is C10H9N5S2. The van der Waals surface area contributed by atoms with Crippen molar-refractivity contribution >= 4 is 33.3 Å². The van der Waals surface area contributed by atoms with Gasteiger partial charge in [0.15, 0.2) is 0 Å². The summed E-state index contributed by atoms with van der Waals surface area (Å²) in [4.78, 5) is 12.8. The van der Waals surface area contributed by atoms with Gasteiger partial charge in [0, 0.05) is 6.42 Å². The van der Waals surface area contributed by atoms with Crippen LogP contribution in [0.1, 0.15) is 12.7 Å². The summed E-state index contributed by atoms with van der Waals surface area (Å²) in [6, 6.07) is 1.99. The van der Waals surface area contributed by atoms with Crippen molar-refractivity contribution in [3.63, 3.8) is 0 Å². The van der Waals surface area contributed by atoms with Crippen molar-refractivity contribution in [3.8, 4) is 0 Å². The van der Waals surface area contributed by atoms with Gasteiger partial charge in [0.2, 0.25) is 5.16 Å². The summed E-state index contributed by atoms with van der Waals surface area (Å²) in [7, 11) is 0. The number of rotatable bonds is 3. The second-order valence-corrected chi connectivity index (χ2v) is 5.21. The Labute approximate surface area is 106 Å². The largest absolute Gasteiger partial charge is 0.262 e. The van der Waals surface area contributed by atoms with E-state index in [1.54, 1.807) is 17.7 Å². The lowest BCUT2D eigenvalue weighted by Crippen LogP contribution is -1.84. The number of nitrogens with zero attached hydrogens (tertiary/aromatic N) is 4. The number of thiophene rings is 1. The third kappa shape index (κ3) is 2.03. The first-order valence-corrected chi connectivity index (χ1v) is 6.83. The summed E-state index contributed by atoms with van der Waals surface area (Å²) in [5.41, 5.74) is 0.971. The van der Waals surface area contributed by atoms with Crippen LogP contribution in [0.2, 0.25) is 0 Å². The van der Waals surface area contributed by atoms with E-state index >= 15 is 0 Å². The molecule has 0 atom stereocenters. The molecule has 0 aliphatic heterocycles. The topological polar surface area (TPSA) is 67.3 Å². The molecule has 5 nitrogen and oxygen atoms in total. The Bertz CT molecular complexity index is 645. The number of aromatic amines is 1. The fourth-order valence-electron chi connectivity index (χ4n) is 1.41. The highest BCUT2D eigenvalue weighted by atomic mass is 32.2. The van der Waals surface area contributed by atoms with Gasteiger partial charge in [-0.15, -0.1) is 16.4 Å². The Morgan fingerprint density at radius 3 is 3.18 bits per heavy atom. The Morgan fingerprint density at radius 2 is 2.35 bits per heavy atom. The van der Waals surface area contributed by atoms with Gasteiger partial charge in [0.1, 0.15) is 17.2 Å². The van der Waals surface area contributed by atoms with Crippen LogP contribution in [0.5, 0.6) is 0 Å². The van der Waals surface area contributed by atoms with Crippen molar-refractivity contribution in [2.24, 2.45) is 0 Å². The number of hydrogen-bond donors (Lipinski definition) is 1. The molecule has 0 bridgehead atoms. The zero-order chi connectivity index (χ0) is 11.7. The first kappa shape index (κ1) is 10.7. The van der Waals surface area contributed by atoms with E-state index in [1.807, 2.05) is 18.4 Å². The number of aryl methyl sites for hydroxylation is 1. The molecule has 0 aliphatic carbocycles. The molecule has 0 spiro atoms. The Kier molecular flexibility index (Phi) is 2.77. The SMILES string of the molecule is CCc1nc(Sc2ncnc3ccsc23)n[nH]1. The van der Waals surface area contributed by atoms with E-state index in [0.717, 1.165) is 27.5 Å². The minimum atomic E-state index is 0.704. The molecule has 0 radical (unpaired) electrons. The summed E-state index contributed by atoms with van der Waals surface area (Å²) < 4.78 is 1.08. The van der Waals surface area contributed by atoms with Gasteiger partial charge in [0.05, 0.1) is 10.2 Å². The number of hydrogen-bond acceptors (Lipinski definition) is 6. The standard InChI is InChI=1S/C10H9N5S2/c1-2-7-13-10(15-14-7)17-9-8-6(3-4-16-8)11-5-12-9/h3-5H,2H2,1H3,(H,13,14,15). The molecule has 3 rings (SSSR count). The van der Waals surface area contributed by atoms with Crippen molar-refractivity contribution in [3.05, 3.63) is 23.6 Å². The van der Waals surface area contributed by atoms with Crippen LogP contribution < -0.4 is 0 Å². The summed E-state index contributed by atoms with van der Waals surface area (Å²) >= 11 is 3.10. The highest BCUT2D eigenvalue weighted by molar-refractivity contribution is 7.99. The van der Waals surface area contributed by atoms with Gasteiger partial charge in [-0.3, -0.25) is 5.10 Å². The second-order valence-electron chi connectivity index (χ2n) is 3.33. The molecule has 3 aromatic rings. The predicted octanol–water partition coefficient (Wildman–Crippen LogP) is 2.52. The average Bonchev–Trinajstić information content (AvgIpc) is 2.97. The quantitative estimate of drug-likeness (QED) is 0.735. The molecular weight excluding hydrogens is 254 g/mol. The van der Waals surface area contributed by atoms with E-state index in [0.29, 0.717) is 5.16 Å². The van der Waals surface area contributed by atoms with Crippen LogP contribution in [-0.2, 0) is 6.42 Å². The highest BCUT2D eigenvalue weighted by Gasteiger charge is 2.10. The molecule has 0 saturated carbocycles. The number of aromatic nitrogens is 5. The summed E-state index contributed by atoms with van der Waals surface area (Å²) in [6.07, 6.45) is 2.43. The van der Waals surface area contributed by atoms with Crippen molar-refractivity contribution < 1.29 is 0 Å². The lowest BCUT2D eigenvalue weighted by atomic mass is 10.5. The monoisotopic (exact) mass is 263 g/mol. The zero-order valence-electron chi connectivity index (χ0n) is 9.04. The zero-order valence-corrected chi connectivity index (χ0v) is 10.7. The van der Waals surface area contributed by atoms with Crippen LogP contribution in [0.25, 0.3) is 10.2 Å². The third-order valence-corrected chi connectivity index (χ3v) is 4.15. The van der Waals surface area contributed by atoms with Gasteiger partial charge in [-0.1, -0.05) is 6.92 Å². The molecule has 0 amide bonds. The molecule has 17 heavy (non-hydrogen) atoms. The second kappa shape index (κ2) is 4.42. The molecule has 0 unspecified atom stereocenters. The van der Waals surface area contributed by atoms with Crippen LogP contribution in [0.15, 0.2) is 28.0 Å². The van der Waals surface area contributed by atoms with E-state index in [4.69, 9.17) is 0 Å². The Balaban J connectivity index is 1.96. The van der Waals surface area contributed by atoms with Crippen LogP contribution in [0, 0.1) is 0 Å².